The Labute approximate surface area is 109 Å². The zero-order chi connectivity index (χ0) is 13.6. The standard InChI is InChI=1S/C13H21NO3S/c1-4-14-12(9-10-18(3,15)16)11-7-5-6-8-13(11)17-2/h5-8,12,14H,4,9-10H2,1-3H3. The molecule has 18 heavy (non-hydrogen) atoms. The van der Waals surface area contributed by atoms with Gasteiger partial charge in [-0.3, -0.25) is 0 Å². The Morgan fingerprint density at radius 3 is 2.56 bits per heavy atom. The molecule has 1 aromatic carbocycles. The number of hydrogen-bond donors (Lipinski definition) is 1. The molecule has 1 rings (SSSR count). The highest BCUT2D eigenvalue weighted by atomic mass is 32.2. The lowest BCUT2D eigenvalue weighted by atomic mass is 10.0. The average Bonchev–Trinajstić information content (AvgIpc) is 2.33. The van der Waals surface area contributed by atoms with Gasteiger partial charge in [0.2, 0.25) is 0 Å². The van der Waals surface area contributed by atoms with Gasteiger partial charge in [-0.05, 0) is 19.0 Å². The molecule has 0 saturated carbocycles. The lowest BCUT2D eigenvalue weighted by molar-refractivity contribution is 0.398. The number of rotatable bonds is 7. The highest BCUT2D eigenvalue weighted by Gasteiger charge is 2.16. The van der Waals surface area contributed by atoms with Crippen molar-refractivity contribution in [1.29, 1.82) is 0 Å². The molecule has 0 aliphatic rings. The van der Waals surface area contributed by atoms with Gasteiger partial charge in [0.15, 0.2) is 0 Å². The third kappa shape index (κ3) is 4.66. The van der Waals surface area contributed by atoms with Crippen LogP contribution in [0.4, 0.5) is 0 Å². The van der Waals surface area contributed by atoms with E-state index in [1.165, 1.54) is 6.26 Å². The Balaban J connectivity index is 2.89. The van der Waals surface area contributed by atoms with Gasteiger partial charge in [0.25, 0.3) is 0 Å². The molecule has 5 heteroatoms. The van der Waals surface area contributed by atoms with Crippen molar-refractivity contribution in [2.24, 2.45) is 0 Å². The van der Waals surface area contributed by atoms with Crippen LogP contribution in [-0.2, 0) is 9.84 Å². The topological polar surface area (TPSA) is 55.4 Å². The highest BCUT2D eigenvalue weighted by Crippen LogP contribution is 2.27. The van der Waals surface area contributed by atoms with E-state index in [2.05, 4.69) is 5.32 Å². The highest BCUT2D eigenvalue weighted by molar-refractivity contribution is 7.90. The molecule has 0 aliphatic heterocycles. The summed E-state index contributed by atoms with van der Waals surface area (Å²) in [5.74, 6) is 0.958. The number of para-hydroxylation sites is 1. The first kappa shape index (κ1) is 15.0. The Bertz CT molecular complexity index is 471. The number of benzene rings is 1. The summed E-state index contributed by atoms with van der Waals surface area (Å²) in [6, 6.07) is 7.69. The van der Waals surface area contributed by atoms with Crippen molar-refractivity contribution in [1.82, 2.24) is 5.32 Å². The van der Waals surface area contributed by atoms with Gasteiger partial charge in [-0.1, -0.05) is 25.1 Å². The van der Waals surface area contributed by atoms with E-state index in [1.54, 1.807) is 7.11 Å². The first-order valence-corrected chi connectivity index (χ1v) is 8.08. The van der Waals surface area contributed by atoms with Gasteiger partial charge in [-0.2, -0.15) is 0 Å². The average molecular weight is 271 g/mol. The molecule has 102 valence electrons. The van der Waals surface area contributed by atoms with Crippen molar-refractivity contribution in [2.45, 2.75) is 19.4 Å². The third-order valence-electron chi connectivity index (χ3n) is 2.74. The maximum Gasteiger partial charge on any atom is 0.147 e. The van der Waals surface area contributed by atoms with Crippen LogP contribution in [0.1, 0.15) is 24.9 Å². The van der Waals surface area contributed by atoms with Crippen LogP contribution in [0, 0.1) is 0 Å². The van der Waals surface area contributed by atoms with Crippen LogP contribution in [0.2, 0.25) is 0 Å². The number of methoxy groups -OCH3 is 1. The van der Waals surface area contributed by atoms with E-state index in [0.717, 1.165) is 17.9 Å². The number of sulfone groups is 1. The summed E-state index contributed by atoms with van der Waals surface area (Å²) in [6.45, 7) is 2.79. The molecule has 0 bridgehead atoms. The summed E-state index contributed by atoms with van der Waals surface area (Å²) in [4.78, 5) is 0. The zero-order valence-electron chi connectivity index (χ0n) is 11.1. The predicted octanol–water partition coefficient (Wildman–Crippen LogP) is 1.78. The molecule has 0 amide bonds. The molecule has 0 aromatic heterocycles. The summed E-state index contributed by atoms with van der Waals surface area (Å²) in [5.41, 5.74) is 1.01. The van der Waals surface area contributed by atoms with E-state index in [4.69, 9.17) is 4.74 Å². The van der Waals surface area contributed by atoms with Crippen LogP contribution in [0.5, 0.6) is 5.75 Å². The fourth-order valence-electron chi connectivity index (χ4n) is 1.90. The Kier molecular flexibility index (Phi) is 5.62. The summed E-state index contributed by atoms with van der Waals surface area (Å²) in [7, 11) is -1.32. The molecule has 1 aromatic rings. The second-order valence-electron chi connectivity index (χ2n) is 4.27. The first-order valence-electron chi connectivity index (χ1n) is 6.02. The monoisotopic (exact) mass is 271 g/mol. The van der Waals surface area contributed by atoms with Crippen molar-refractivity contribution >= 4 is 9.84 Å². The summed E-state index contributed by atoms with van der Waals surface area (Å²) in [6.07, 6.45) is 1.81. The van der Waals surface area contributed by atoms with Crippen molar-refractivity contribution in [3.63, 3.8) is 0 Å². The SMILES string of the molecule is CCNC(CCS(C)(=O)=O)c1ccccc1OC. The van der Waals surface area contributed by atoms with Crippen LogP contribution < -0.4 is 10.1 Å². The normalized spacial score (nSPS) is 13.3. The van der Waals surface area contributed by atoms with Gasteiger partial charge in [0, 0.05) is 17.9 Å². The van der Waals surface area contributed by atoms with Crippen LogP contribution in [0.15, 0.2) is 24.3 Å². The summed E-state index contributed by atoms with van der Waals surface area (Å²) < 4.78 is 27.8. The summed E-state index contributed by atoms with van der Waals surface area (Å²) in [5, 5.41) is 3.30. The van der Waals surface area contributed by atoms with E-state index in [9.17, 15) is 8.42 Å². The van der Waals surface area contributed by atoms with Crippen LogP contribution >= 0.6 is 0 Å². The molecule has 0 heterocycles. The minimum absolute atomic E-state index is 0.000810. The van der Waals surface area contributed by atoms with Crippen molar-refractivity contribution in [2.75, 3.05) is 25.7 Å². The van der Waals surface area contributed by atoms with Gasteiger partial charge < -0.3 is 10.1 Å². The van der Waals surface area contributed by atoms with E-state index in [-0.39, 0.29) is 11.8 Å². The van der Waals surface area contributed by atoms with Crippen molar-refractivity contribution in [3.8, 4) is 5.75 Å². The molecule has 0 saturated heterocycles. The second-order valence-corrected chi connectivity index (χ2v) is 6.53. The van der Waals surface area contributed by atoms with Crippen LogP contribution in [0.25, 0.3) is 0 Å². The lowest BCUT2D eigenvalue weighted by Crippen LogP contribution is -2.24. The molecule has 1 atom stereocenters. The minimum atomic E-state index is -2.95. The number of hydrogen-bond acceptors (Lipinski definition) is 4. The van der Waals surface area contributed by atoms with Gasteiger partial charge in [-0.25, -0.2) is 8.42 Å². The molecule has 0 radical (unpaired) electrons. The van der Waals surface area contributed by atoms with Crippen LogP contribution in [0.3, 0.4) is 0 Å². The maximum atomic E-state index is 11.3. The van der Waals surface area contributed by atoms with E-state index >= 15 is 0 Å². The smallest absolute Gasteiger partial charge is 0.147 e. The minimum Gasteiger partial charge on any atom is -0.496 e. The first-order chi connectivity index (χ1) is 8.48. The lowest BCUT2D eigenvalue weighted by Gasteiger charge is -2.20. The zero-order valence-corrected chi connectivity index (χ0v) is 12.0. The Morgan fingerprint density at radius 1 is 1.33 bits per heavy atom. The van der Waals surface area contributed by atoms with Gasteiger partial charge in [0.05, 0.1) is 12.9 Å². The fourth-order valence-corrected chi connectivity index (χ4v) is 2.56. The third-order valence-corrected chi connectivity index (χ3v) is 3.72. The molecular weight excluding hydrogens is 250 g/mol. The molecule has 1 unspecified atom stereocenters. The summed E-state index contributed by atoms with van der Waals surface area (Å²) >= 11 is 0. The maximum absolute atomic E-state index is 11.3. The molecule has 0 aliphatic carbocycles. The fraction of sp³-hybridized carbons (Fsp3) is 0.538. The molecule has 4 nitrogen and oxygen atoms in total. The number of ether oxygens (including phenoxy) is 1. The van der Waals surface area contributed by atoms with Gasteiger partial charge in [0.1, 0.15) is 15.6 Å². The van der Waals surface area contributed by atoms with Gasteiger partial charge >= 0.3 is 0 Å². The molecule has 0 fully saturated rings. The number of nitrogens with one attached hydrogen (secondary N) is 1. The molecule has 0 spiro atoms. The van der Waals surface area contributed by atoms with Gasteiger partial charge in [-0.15, -0.1) is 0 Å². The van der Waals surface area contributed by atoms with E-state index in [0.29, 0.717) is 6.42 Å². The quantitative estimate of drug-likeness (QED) is 0.821. The molecular formula is C13H21NO3S. The van der Waals surface area contributed by atoms with Crippen molar-refractivity contribution < 1.29 is 13.2 Å². The largest absolute Gasteiger partial charge is 0.496 e. The predicted molar refractivity (Wildman–Crippen MR) is 73.7 cm³/mol. The second kappa shape index (κ2) is 6.75. The molecule has 1 N–H and O–H groups in total. The van der Waals surface area contributed by atoms with E-state index in [1.807, 2.05) is 31.2 Å². The van der Waals surface area contributed by atoms with E-state index < -0.39 is 9.84 Å². The van der Waals surface area contributed by atoms with Crippen LogP contribution in [-0.4, -0.2) is 34.1 Å². The Hall–Kier alpha value is -1.07. The Morgan fingerprint density at radius 2 is 2.00 bits per heavy atom. The van der Waals surface area contributed by atoms with Crippen molar-refractivity contribution in [3.05, 3.63) is 29.8 Å².